The van der Waals surface area contributed by atoms with Crippen molar-refractivity contribution in [2.45, 2.75) is 24.9 Å². The van der Waals surface area contributed by atoms with E-state index in [1.807, 2.05) is 32.0 Å². The first-order valence-corrected chi connectivity index (χ1v) is 10.7. The molecule has 0 aromatic heterocycles. The maximum atomic E-state index is 12.6. The molecule has 0 bridgehead atoms. The van der Waals surface area contributed by atoms with Crippen LogP contribution >= 0.6 is 0 Å². The number of amides is 1. The van der Waals surface area contributed by atoms with Gasteiger partial charge in [0.15, 0.2) is 0 Å². The number of aryl methyl sites for hydroxylation is 2. The Kier molecular flexibility index (Phi) is 4.86. The topological polar surface area (TPSA) is 87.3 Å². The fourth-order valence-corrected chi connectivity index (χ4v) is 4.71. The quantitative estimate of drug-likeness (QED) is 0.613. The van der Waals surface area contributed by atoms with E-state index >= 15 is 0 Å². The Morgan fingerprint density at radius 2 is 1.55 bits per heavy atom. The summed E-state index contributed by atoms with van der Waals surface area (Å²) in [5.41, 5.74) is 4.55. The Morgan fingerprint density at radius 3 is 2.24 bits per heavy atom. The summed E-state index contributed by atoms with van der Waals surface area (Å²) in [7, 11) is -3.61. The molecule has 1 unspecified atom stereocenters. The molecular weight excluding hydrogens is 386 g/mol. The van der Waals surface area contributed by atoms with Crippen LogP contribution in [0.5, 0.6) is 0 Å². The second kappa shape index (κ2) is 7.35. The van der Waals surface area contributed by atoms with Crippen LogP contribution in [0.3, 0.4) is 0 Å². The van der Waals surface area contributed by atoms with E-state index in [9.17, 15) is 13.2 Å². The van der Waals surface area contributed by atoms with Crippen LogP contribution < -0.4 is 15.4 Å². The molecular formula is C22H21N3O3S. The lowest BCUT2D eigenvalue weighted by molar-refractivity contribution is 0.102. The van der Waals surface area contributed by atoms with Crippen molar-refractivity contribution in [3.8, 4) is 0 Å². The van der Waals surface area contributed by atoms with Gasteiger partial charge in [-0.1, -0.05) is 42.5 Å². The van der Waals surface area contributed by atoms with Gasteiger partial charge in [-0.25, -0.2) is 8.42 Å². The average Bonchev–Trinajstić information content (AvgIpc) is 2.70. The molecule has 3 N–H and O–H groups in total. The van der Waals surface area contributed by atoms with E-state index in [1.165, 1.54) is 0 Å². The predicted molar refractivity (Wildman–Crippen MR) is 113 cm³/mol. The fraction of sp³-hybridized carbons (Fsp3) is 0.136. The van der Waals surface area contributed by atoms with Gasteiger partial charge in [0, 0.05) is 11.3 Å². The van der Waals surface area contributed by atoms with Crippen LogP contribution in [0, 0.1) is 13.8 Å². The number of fused-ring (bicyclic) bond motifs is 1. The number of benzene rings is 3. The summed E-state index contributed by atoms with van der Waals surface area (Å²) in [5, 5.41) is 6.14. The van der Waals surface area contributed by atoms with Crippen LogP contribution in [0.4, 0.5) is 11.4 Å². The molecule has 0 aliphatic carbocycles. The maximum absolute atomic E-state index is 12.6. The highest BCUT2D eigenvalue weighted by molar-refractivity contribution is 7.89. The Bertz CT molecular complexity index is 1170. The third-order valence-corrected chi connectivity index (χ3v) is 6.46. The molecule has 0 saturated carbocycles. The van der Waals surface area contributed by atoms with Gasteiger partial charge in [0.05, 0.1) is 5.69 Å². The molecule has 1 atom stereocenters. The van der Waals surface area contributed by atoms with Crippen molar-refractivity contribution in [3.05, 3.63) is 89.0 Å². The summed E-state index contributed by atoms with van der Waals surface area (Å²) in [6, 6.07) is 19.5. The third kappa shape index (κ3) is 3.74. The summed E-state index contributed by atoms with van der Waals surface area (Å²) in [6.07, 6.45) is -0.606. The number of nitrogens with one attached hydrogen (secondary N) is 3. The van der Waals surface area contributed by atoms with E-state index in [1.54, 1.807) is 48.5 Å². The normalized spacial score (nSPS) is 17.1. The minimum Gasteiger partial charge on any atom is -0.364 e. The second-order valence-electron chi connectivity index (χ2n) is 7.04. The monoisotopic (exact) mass is 407 g/mol. The van der Waals surface area contributed by atoms with E-state index in [0.717, 1.165) is 16.8 Å². The van der Waals surface area contributed by atoms with Gasteiger partial charge in [-0.05, 0) is 54.8 Å². The summed E-state index contributed by atoms with van der Waals surface area (Å²) in [6.45, 7) is 3.90. The Hall–Kier alpha value is -3.16. The SMILES string of the molecule is Cc1cccc(C)c1NC(=O)c1ccc(C2Nc3ccccc3S(=O)(=O)N2)cc1. The number of carbonyl (C=O) groups excluding carboxylic acids is 1. The molecule has 29 heavy (non-hydrogen) atoms. The van der Waals surface area contributed by atoms with E-state index in [2.05, 4.69) is 15.4 Å². The Labute approximate surface area is 170 Å². The van der Waals surface area contributed by atoms with Gasteiger partial charge in [0.1, 0.15) is 11.1 Å². The largest absolute Gasteiger partial charge is 0.364 e. The average molecular weight is 407 g/mol. The van der Waals surface area contributed by atoms with Crippen molar-refractivity contribution in [1.29, 1.82) is 0 Å². The van der Waals surface area contributed by atoms with Crippen LogP contribution in [0.2, 0.25) is 0 Å². The molecule has 6 nitrogen and oxygen atoms in total. The van der Waals surface area contributed by atoms with Crippen molar-refractivity contribution in [3.63, 3.8) is 0 Å². The number of para-hydroxylation sites is 2. The first-order valence-electron chi connectivity index (χ1n) is 9.20. The molecule has 1 aliphatic rings. The number of carbonyl (C=O) groups is 1. The molecule has 0 spiro atoms. The second-order valence-corrected chi connectivity index (χ2v) is 8.72. The van der Waals surface area contributed by atoms with Crippen LogP contribution in [0.1, 0.15) is 33.2 Å². The predicted octanol–water partition coefficient (Wildman–Crippen LogP) is 3.96. The van der Waals surface area contributed by atoms with Crippen molar-refractivity contribution >= 4 is 27.3 Å². The van der Waals surface area contributed by atoms with Crippen molar-refractivity contribution in [2.75, 3.05) is 10.6 Å². The van der Waals surface area contributed by atoms with Gasteiger partial charge < -0.3 is 10.6 Å². The van der Waals surface area contributed by atoms with Crippen LogP contribution in [-0.4, -0.2) is 14.3 Å². The van der Waals surface area contributed by atoms with Gasteiger partial charge in [-0.15, -0.1) is 0 Å². The number of hydrogen-bond donors (Lipinski definition) is 3. The van der Waals surface area contributed by atoms with Gasteiger partial charge in [-0.3, -0.25) is 4.79 Å². The highest BCUT2D eigenvalue weighted by atomic mass is 32.2. The Morgan fingerprint density at radius 1 is 0.897 bits per heavy atom. The fourth-order valence-electron chi connectivity index (χ4n) is 3.40. The summed E-state index contributed by atoms with van der Waals surface area (Å²) < 4.78 is 27.6. The molecule has 3 aromatic rings. The van der Waals surface area contributed by atoms with Gasteiger partial charge in [0.25, 0.3) is 5.91 Å². The van der Waals surface area contributed by atoms with Gasteiger partial charge >= 0.3 is 0 Å². The van der Waals surface area contributed by atoms with Gasteiger partial charge in [-0.2, -0.15) is 4.72 Å². The first-order chi connectivity index (χ1) is 13.8. The number of hydrogen-bond acceptors (Lipinski definition) is 4. The Balaban J connectivity index is 1.55. The zero-order valence-electron chi connectivity index (χ0n) is 16.1. The van der Waals surface area contributed by atoms with Crippen LogP contribution in [0.15, 0.2) is 71.6 Å². The van der Waals surface area contributed by atoms with E-state index < -0.39 is 16.2 Å². The molecule has 148 valence electrons. The molecule has 7 heteroatoms. The number of sulfonamides is 1. The lowest BCUT2D eigenvalue weighted by atomic mass is 10.1. The third-order valence-electron chi connectivity index (χ3n) is 4.98. The van der Waals surface area contributed by atoms with Crippen molar-refractivity contribution in [2.24, 2.45) is 0 Å². The van der Waals surface area contributed by atoms with E-state index in [4.69, 9.17) is 0 Å². The van der Waals surface area contributed by atoms with Crippen molar-refractivity contribution < 1.29 is 13.2 Å². The zero-order chi connectivity index (χ0) is 20.6. The maximum Gasteiger partial charge on any atom is 0.255 e. The highest BCUT2D eigenvalue weighted by Crippen LogP contribution is 2.31. The molecule has 1 aliphatic heterocycles. The summed E-state index contributed by atoms with van der Waals surface area (Å²) >= 11 is 0. The highest BCUT2D eigenvalue weighted by Gasteiger charge is 2.29. The lowest BCUT2D eigenvalue weighted by Crippen LogP contribution is -2.38. The first kappa shape index (κ1) is 19.2. The molecule has 0 fully saturated rings. The molecule has 1 amide bonds. The molecule has 0 saturated heterocycles. The lowest BCUT2D eigenvalue weighted by Gasteiger charge is -2.28. The minimum absolute atomic E-state index is 0.212. The number of anilines is 2. The minimum atomic E-state index is -3.61. The summed E-state index contributed by atoms with van der Waals surface area (Å²) in [5.74, 6) is -0.212. The van der Waals surface area contributed by atoms with Crippen molar-refractivity contribution in [1.82, 2.24) is 4.72 Å². The molecule has 0 radical (unpaired) electrons. The summed E-state index contributed by atoms with van der Waals surface area (Å²) in [4.78, 5) is 12.9. The standard InChI is InChI=1S/C22H21N3O3S/c1-14-6-5-7-15(2)20(14)24-22(26)17-12-10-16(11-13-17)21-23-18-8-3-4-9-19(18)29(27,28)25-21/h3-13,21,23,25H,1-2H3,(H,24,26). The molecule has 3 aromatic carbocycles. The number of rotatable bonds is 3. The zero-order valence-corrected chi connectivity index (χ0v) is 16.9. The molecule has 1 heterocycles. The van der Waals surface area contributed by atoms with Gasteiger partial charge in [0.2, 0.25) is 10.0 Å². The van der Waals surface area contributed by atoms with E-state index in [0.29, 0.717) is 16.8 Å². The molecule has 4 rings (SSSR count). The van der Waals surface area contributed by atoms with Crippen LogP contribution in [0.25, 0.3) is 0 Å². The van der Waals surface area contributed by atoms with Crippen LogP contribution in [-0.2, 0) is 10.0 Å². The van der Waals surface area contributed by atoms with E-state index in [-0.39, 0.29) is 10.8 Å². The smallest absolute Gasteiger partial charge is 0.255 e.